The minimum Gasteiger partial charge on any atom is -0.339 e. The molecule has 1 saturated heterocycles. The van der Waals surface area contributed by atoms with Crippen LogP contribution in [0.15, 0.2) is 41.8 Å². The maximum Gasteiger partial charge on any atom is 0.230 e. The summed E-state index contributed by atoms with van der Waals surface area (Å²) in [4.78, 5) is 19.0. The van der Waals surface area contributed by atoms with E-state index in [4.69, 9.17) is 0 Å². The van der Waals surface area contributed by atoms with Crippen molar-refractivity contribution >= 4 is 17.2 Å². The normalized spacial score (nSPS) is 19.6. The Morgan fingerprint density at radius 2 is 2.04 bits per heavy atom. The summed E-state index contributed by atoms with van der Waals surface area (Å²) in [5.74, 6) is 0.310. The molecular formula is C20H24N2OS. The fourth-order valence-corrected chi connectivity index (χ4v) is 4.80. The fraction of sp³-hybridized carbons (Fsp3) is 0.450. The molecule has 24 heavy (non-hydrogen) atoms. The summed E-state index contributed by atoms with van der Waals surface area (Å²) in [5.41, 5.74) is 2.64. The van der Waals surface area contributed by atoms with E-state index in [1.54, 1.807) is 4.88 Å². The molecule has 1 aromatic carbocycles. The van der Waals surface area contributed by atoms with E-state index in [1.807, 2.05) is 29.5 Å². The van der Waals surface area contributed by atoms with Gasteiger partial charge in [-0.3, -0.25) is 9.69 Å². The molecule has 0 aliphatic carbocycles. The minimum absolute atomic E-state index is 0.0111. The molecule has 0 saturated carbocycles. The Bertz CT molecular complexity index is 705. The molecule has 0 bridgehead atoms. The number of hydrogen-bond acceptors (Lipinski definition) is 3. The van der Waals surface area contributed by atoms with E-state index >= 15 is 0 Å². The third kappa shape index (κ3) is 2.89. The van der Waals surface area contributed by atoms with Crippen LogP contribution in [-0.2, 0) is 17.8 Å². The van der Waals surface area contributed by atoms with Crippen LogP contribution in [0.2, 0.25) is 0 Å². The molecular weight excluding hydrogens is 316 g/mol. The molecule has 2 aliphatic rings. The van der Waals surface area contributed by atoms with Crippen molar-refractivity contribution in [3.05, 3.63) is 57.8 Å². The predicted molar refractivity (Wildman–Crippen MR) is 98.3 cm³/mol. The highest BCUT2D eigenvalue weighted by molar-refractivity contribution is 7.10. The number of likely N-dealkylation sites (tertiary alicyclic amines) is 1. The quantitative estimate of drug-likeness (QED) is 0.850. The van der Waals surface area contributed by atoms with E-state index in [0.717, 1.165) is 38.2 Å². The van der Waals surface area contributed by atoms with Gasteiger partial charge in [-0.1, -0.05) is 37.3 Å². The van der Waals surface area contributed by atoms with Gasteiger partial charge in [0, 0.05) is 37.1 Å². The van der Waals surface area contributed by atoms with Gasteiger partial charge in [-0.2, -0.15) is 0 Å². The van der Waals surface area contributed by atoms with Crippen LogP contribution in [0.25, 0.3) is 0 Å². The molecule has 2 aromatic rings. The minimum atomic E-state index is 0.0111. The molecule has 4 rings (SSSR count). The molecule has 1 atom stereocenters. The number of fused-ring (bicyclic) bond motifs is 1. The van der Waals surface area contributed by atoms with Crippen LogP contribution in [0.1, 0.15) is 35.3 Å². The summed E-state index contributed by atoms with van der Waals surface area (Å²) >= 11 is 1.88. The van der Waals surface area contributed by atoms with Crippen LogP contribution >= 0.6 is 11.3 Å². The Hall–Kier alpha value is -1.65. The third-order valence-corrected chi connectivity index (χ3v) is 6.46. The van der Waals surface area contributed by atoms with Gasteiger partial charge < -0.3 is 4.90 Å². The van der Waals surface area contributed by atoms with Gasteiger partial charge in [-0.05, 0) is 35.4 Å². The highest BCUT2D eigenvalue weighted by Gasteiger charge is 2.38. The SMILES string of the molecule is CCC(C(=O)N1CC(N2CCc3sccc3C2)C1)c1ccccc1. The van der Waals surface area contributed by atoms with Gasteiger partial charge in [0.2, 0.25) is 5.91 Å². The van der Waals surface area contributed by atoms with Crippen LogP contribution < -0.4 is 0 Å². The van der Waals surface area contributed by atoms with Gasteiger partial charge in [0.25, 0.3) is 0 Å². The Balaban J connectivity index is 1.36. The lowest BCUT2D eigenvalue weighted by atomic mass is 9.92. The number of amides is 1. The molecule has 126 valence electrons. The lowest BCUT2D eigenvalue weighted by Crippen LogP contribution is -2.62. The first-order valence-electron chi connectivity index (χ1n) is 8.89. The number of rotatable bonds is 4. The van der Waals surface area contributed by atoms with Crippen LogP contribution in [-0.4, -0.2) is 41.4 Å². The van der Waals surface area contributed by atoms with Crippen molar-refractivity contribution in [2.75, 3.05) is 19.6 Å². The van der Waals surface area contributed by atoms with E-state index < -0.39 is 0 Å². The topological polar surface area (TPSA) is 23.6 Å². The summed E-state index contributed by atoms with van der Waals surface area (Å²) in [6, 6.07) is 13.0. The van der Waals surface area contributed by atoms with Crippen molar-refractivity contribution in [3.63, 3.8) is 0 Å². The zero-order valence-electron chi connectivity index (χ0n) is 14.1. The summed E-state index contributed by atoms with van der Waals surface area (Å²) < 4.78 is 0. The van der Waals surface area contributed by atoms with Crippen molar-refractivity contribution in [3.8, 4) is 0 Å². The first kappa shape index (κ1) is 15.9. The summed E-state index contributed by atoms with van der Waals surface area (Å²) in [6.07, 6.45) is 2.03. The molecule has 3 heterocycles. The van der Waals surface area contributed by atoms with E-state index in [9.17, 15) is 4.79 Å². The second-order valence-electron chi connectivity index (χ2n) is 6.86. The molecule has 0 spiro atoms. The molecule has 1 fully saturated rings. The van der Waals surface area contributed by atoms with Gasteiger partial charge in [0.05, 0.1) is 5.92 Å². The lowest BCUT2D eigenvalue weighted by molar-refractivity contribution is -0.140. The van der Waals surface area contributed by atoms with Gasteiger partial charge in [0.15, 0.2) is 0 Å². The van der Waals surface area contributed by atoms with E-state index in [0.29, 0.717) is 11.9 Å². The summed E-state index contributed by atoms with van der Waals surface area (Å²) in [5, 5.41) is 2.20. The smallest absolute Gasteiger partial charge is 0.230 e. The zero-order valence-corrected chi connectivity index (χ0v) is 15.0. The standard InChI is InChI=1S/C20H24N2OS/c1-2-18(15-6-4-3-5-7-15)20(23)22-13-17(14-22)21-10-8-19-16(12-21)9-11-24-19/h3-7,9,11,17-18H,2,8,10,12-14H2,1H3. The molecule has 4 heteroatoms. The average molecular weight is 340 g/mol. The molecule has 0 N–H and O–H groups in total. The van der Waals surface area contributed by atoms with Gasteiger partial charge in [0.1, 0.15) is 0 Å². The predicted octanol–water partition coefficient (Wildman–Crippen LogP) is 3.51. The number of benzene rings is 1. The van der Waals surface area contributed by atoms with E-state index in [1.165, 1.54) is 12.0 Å². The maximum absolute atomic E-state index is 12.9. The number of thiophene rings is 1. The molecule has 0 radical (unpaired) electrons. The van der Waals surface area contributed by atoms with Crippen molar-refractivity contribution in [1.29, 1.82) is 0 Å². The van der Waals surface area contributed by atoms with Crippen molar-refractivity contribution in [1.82, 2.24) is 9.80 Å². The molecule has 1 amide bonds. The molecule has 1 unspecified atom stereocenters. The Kier molecular flexibility index (Phi) is 4.42. The largest absolute Gasteiger partial charge is 0.339 e. The second-order valence-corrected chi connectivity index (χ2v) is 7.86. The third-order valence-electron chi connectivity index (χ3n) is 5.44. The maximum atomic E-state index is 12.9. The van der Waals surface area contributed by atoms with Crippen LogP contribution in [0, 0.1) is 0 Å². The highest BCUT2D eigenvalue weighted by Crippen LogP contribution is 2.30. The first-order valence-corrected chi connectivity index (χ1v) is 9.77. The molecule has 1 aromatic heterocycles. The Morgan fingerprint density at radius 1 is 1.25 bits per heavy atom. The highest BCUT2D eigenvalue weighted by atomic mass is 32.1. The Labute approximate surface area is 147 Å². The van der Waals surface area contributed by atoms with Crippen molar-refractivity contribution in [2.45, 2.75) is 38.3 Å². The average Bonchev–Trinajstić information content (AvgIpc) is 3.03. The second kappa shape index (κ2) is 6.69. The summed E-state index contributed by atoms with van der Waals surface area (Å²) in [6.45, 7) is 6.08. The Morgan fingerprint density at radius 3 is 2.79 bits per heavy atom. The lowest BCUT2D eigenvalue weighted by Gasteiger charge is -2.47. The molecule has 3 nitrogen and oxygen atoms in total. The van der Waals surface area contributed by atoms with Gasteiger partial charge >= 0.3 is 0 Å². The van der Waals surface area contributed by atoms with Crippen LogP contribution in [0.3, 0.4) is 0 Å². The number of carbonyl (C=O) groups is 1. The van der Waals surface area contributed by atoms with Crippen LogP contribution in [0.5, 0.6) is 0 Å². The van der Waals surface area contributed by atoms with Crippen molar-refractivity contribution in [2.24, 2.45) is 0 Å². The first-order chi connectivity index (χ1) is 11.8. The zero-order chi connectivity index (χ0) is 16.5. The molecule has 2 aliphatic heterocycles. The van der Waals surface area contributed by atoms with Gasteiger partial charge in [-0.15, -0.1) is 11.3 Å². The fourth-order valence-electron chi connectivity index (χ4n) is 3.91. The number of hydrogen-bond donors (Lipinski definition) is 0. The monoisotopic (exact) mass is 340 g/mol. The summed E-state index contributed by atoms with van der Waals surface area (Å²) in [7, 11) is 0. The number of carbonyl (C=O) groups excluding carboxylic acids is 1. The van der Waals surface area contributed by atoms with Gasteiger partial charge in [-0.25, -0.2) is 0 Å². The van der Waals surface area contributed by atoms with E-state index in [-0.39, 0.29) is 5.92 Å². The van der Waals surface area contributed by atoms with Crippen molar-refractivity contribution < 1.29 is 4.79 Å². The van der Waals surface area contributed by atoms with Crippen LogP contribution in [0.4, 0.5) is 0 Å². The van der Waals surface area contributed by atoms with E-state index in [2.05, 4.69) is 40.3 Å². The number of nitrogens with zero attached hydrogens (tertiary/aromatic N) is 2.